The summed E-state index contributed by atoms with van der Waals surface area (Å²) in [6.45, 7) is 4.12. The van der Waals surface area contributed by atoms with E-state index < -0.39 is 0 Å². The van der Waals surface area contributed by atoms with Gasteiger partial charge in [-0.2, -0.15) is 0 Å². The second kappa shape index (κ2) is 6.64. The first-order chi connectivity index (χ1) is 9.60. The summed E-state index contributed by atoms with van der Waals surface area (Å²) in [6.07, 6.45) is 0. The molecule has 0 atom stereocenters. The standard InChI is InChI=1S/C17H21FN2/c1-13-5-3-4-6-14(13)11-20(2)12-15-7-8-17(18)9-16(15)10-19/h3-9H,10-12,19H2,1-2H3. The van der Waals surface area contributed by atoms with Gasteiger partial charge < -0.3 is 5.73 Å². The molecule has 0 amide bonds. The van der Waals surface area contributed by atoms with Crippen molar-refractivity contribution >= 4 is 0 Å². The molecule has 0 aliphatic rings. The van der Waals surface area contributed by atoms with E-state index in [1.165, 1.54) is 23.3 Å². The lowest BCUT2D eigenvalue weighted by Gasteiger charge is -2.19. The van der Waals surface area contributed by atoms with Crippen LogP contribution in [0.15, 0.2) is 42.5 Å². The molecule has 0 bridgehead atoms. The lowest BCUT2D eigenvalue weighted by atomic mass is 10.1. The predicted octanol–water partition coefficient (Wildman–Crippen LogP) is 3.22. The van der Waals surface area contributed by atoms with Crippen LogP contribution in [0.1, 0.15) is 22.3 Å². The molecule has 0 radical (unpaired) electrons. The average Bonchev–Trinajstić information content (AvgIpc) is 2.43. The van der Waals surface area contributed by atoms with Gasteiger partial charge in [-0.15, -0.1) is 0 Å². The molecule has 0 saturated carbocycles. The highest BCUT2D eigenvalue weighted by Crippen LogP contribution is 2.15. The number of halogens is 1. The van der Waals surface area contributed by atoms with Gasteiger partial charge in [-0.05, 0) is 48.4 Å². The molecule has 0 unspecified atom stereocenters. The summed E-state index contributed by atoms with van der Waals surface area (Å²) in [6, 6.07) is 13.2. The topological polar surface area (TPSA) is 29.3 Å². The van der Waals surface area contributed by atoms with Crippen molar-refractivity contribution in [1.82, 2.24) is 4.90 Å². The number of nitrogens with zero attached hydrogens (tertiary/aromatic N) is 1. The first kappa shape index (κ1) is 14.7. The Bertz CT molecular complexity index is 581. The van der Waals surface area contributed by atoms with Crippen molar-refractivity contribution in [3.8, 4) is 0 Å². The van der Waals surface area contributed by atoms with Crippen molar-refractivity contribution < 1.29 is 4.39 Å². The van der Waals surface area contributed by atoms with Crippen molar-refractivity contribution in [2.45, 2.75) is 26.6 Å². The molecule has 2 aromatic carbocycles. The molecule has 2 N–H and O–H groups in total. The third-order valence-corrected chi connectivity index (χ3v) is 3.53. The van der Waals surface area contributed by atoms with E-state index >= 15 is 0 Å². The van der Waals surface area contributed by atoms with Crippen LogP contribution in [0.4, 0.5) is 4.39 Å². The molecular weight excluding hydrogens is 251 g/mol. The maximum atomic E-state index is 13.2. The largest absolute Gasteiger partial charge is 0.326 e. The smallest absolute Gasteiger partial charge is 0.123 e. The Labute approximate surface area is 120 Å². The highest BCUT2D eigenvalue weighted by atomic mass is 19.1. The van der Waals surface area contributed by atoms with Gasteiger partial charge in [-0.1, -0.05) is 30.3 Å². The molecule has 3 heteroatoms. The first-order valence-electron chi connectivity index (χ1n) is 6.80. The summed E-state index contributed by atoms with van der Waals surface area (Å²) in [5.41, 5.74) is 10.3. The quantitative estimate of drug-likeness (QED) is 0.905. The van der Waals surface area contributed by atoms with Gasteiger partial charge in [0.1, 0.15) is 5.82 Å². The SMILES string of the molecule is Cc1ccccc1CN(C)Cc1ccc(F)cc1CN. The van der Waals surface area contributed by atoms with Gasteiger partial charge in [0.15, 0.2) is 0 Å². The Kier molecular flexibility index (Phi) is 4.88. The highest BCUT2D eigenvalue weighted by Gasteiger charge is 2.07. The number of hydrogen-bond acceptors (Lipinski definition) is 2. The van der Waals surface area contributed by atoms with Gasteiger partial charge >= 0.3 is 0 Å². The molecule has 0 aliphatic heterocycles. The van der Waals surface area contributed by atoms with E-state index in [9.17, 15) is 4.39 Å². The van der Waals surface area contributed by atoms with Crippen molar-refractivity contribution in [3.05, 3.63) is 70.5 Å². The minimum Gasteiger partial charge on any atom is -0.326 e. The Hall–Kier alpha value is -1.71. The van der Waals surface area contributed by atoms with E-state index in [0.717, 1.165) is 24.2 Å². The van der Waals surface area contributed by atoms with E-state index in [1.807, 2.05) is 12.1 Å². The summed E-state index contributed by atoms with van der Waals surface area (Å²) < 4.78 is 13.2. The molecular formula is C17H21FN2. The lowest BCUT2D eigenvalue weighted by molar-refractivity contribution is 0.317. The van der Waals surface area contributed by atoms with E-state index in [4.69, 9.17) is 5.73 Å². The van der Waals surface area contributed by atoms with Crippen LogP contribution in [-0.4, -0.2) is 11.9 Å². The van der Waals surface area contributed by atoms with Crippen molar-refractivity contribution in [2.75, 3.05) is 7.05 Å². The third kappa shape index (κ3) is 3.65. The molecule has 106 valence electrons. The van der Waals surface area contributed by atoms with E-state index in [-0.39, 0.29) is 5.82 Å². The van der Waals surface area contributed by atoms with Gasteiger partial charge in [0.25, 0.3) is 0 Å². The van der Waals surface area contributed by atoms with Gasteiger partial charge in [-0.25, -0.2) is 4.39 Å². The van der Waals surface area contributed by atoms with Crippen LogP contribution in [-0.2, 0) is 19.6 Å². The highest BCUT2D eigenvalue weighted by molar-refractivity contribution is 5.28. The molecule has 20 heavy (non-hydrogen) atoms. The Morgan fingerprint density at radius 2 is 1.70 bits per heavy atom. The molecule has 2 nitrogen and oxygen atoms in total. The van der Waals surface area contributed by atoms with Gasteiger partial charge in [0, 0.05) is 19.6 Å². The fourth-order valence-electron chi connectivity index (χ4n) is 2.36. The monoisotopic (exact) mass is 272 g/mol. The normalized spacial score (nSPS) is 11.1. The molecule has 0 spiro atoms. The summed E-state index contributed by atoms with van der Waals surface area (Å²) in [5.74, 6) is -0.226. The Balaban J connectivity index is 2.08. The zero-order valence-electron chi connectivity index (χ0n) is 12.1. The molecule has 2 rings (SSSR count). The van der Waals surface area contributed by atoms with E-state index in [1.54, 1.807) is 0 Å². The number of rotatable bonds is 5. The van der Waals surface area contributed by atoms with Gasteiger partial charge in [-0.3, -0.25) is 4.90 Å². The van der Waals surface area contributed by atoms with E-state index in [0.29, 0.717) is 6.54 Å². The van der Waals surface area contributed by atoms with Crippen LogP contribution in [0.2, 0.25) is 0 Å². The summed E-state index contributed by atoms with van der Waals surface area (Å²) >= 11 is 0. The number of aryl methyl sites for hydroxylation is 1. The number of benzene rings is 2. The van der Waals surface area contributed by atoms with Crippen molar-refractivity contribution in [1.29, 1.82) is 0 Å². The minimum absolute atomic E-state index is 0.226. The maximum Gasteiger partial charge on any atom is 0.123 e. The molecule has 0 aliphatic carbocycles. The fourth-order valence-corrected chi connectivity index (χ4v) is 2.36. The molecule has 0 aromatic heterocycles. The second-order valence-electron chi connectivity index (χ2n) is 5.22. The number of hydrogen-bond donors (Lipinski definition) is 1. The van der Waals surface area contributed by atoms with Crippen molar-refractivity contribution in [3.63, 3.8) is 0 Å². The maximum absolute atomic E-state index is 13.2. The summed E-state index contributed by atoms with van der Waals surface area (Å²) in [7, 11) is 2.07. The van der Waals surface area contributed by atoms with Crippen LogP contribution in [0, 0.1) is 12.7 Å². The minimum atomic E-state index is -0.226. The van der Waals surface area contributed by atoms with Crippen LogP contribution in [0.3, 0.4) is 0 Å². The second-order valence-corrected chi connectivity index (χ2v) is 5.22. The van der Waals surface area contributed by atoms with Gasteiger partial charge in [0.2, 0.25) is 0 Å². The molecule has 0 fully saturated rings. The summed E-state index contributed by atoms with van der Waals surface area (Å²) in [5, 5.41) is 0. The molecule has 2 aromatic rings. The van der Waals surface area contributed by atoms with Crippen LogP contribution in [0.5, 0.6) is 0 Å². The van der Waals surface area contributed by atoms with Crippen molar-refractivity contribution in [2.24, 2.45) is 5.73 Å². The van der Waals surface area contributed by atoms with Gasteiger partial charge in [0.05, 0.1) is 0 Å². The molecule has 0 heterocycles. The average molecular weight is 272 g/mol. The lowest BCUT2D eigenvalue weighted by Crippen LogP contribution is -2.19. The Morgan fingerprint density at radius 1 is 1.00 bits per heavy atom. The zero-order valence-corrected chi connectivity index (χ0v) is 12.1. The van der Waals surface area contributed by atoms with E-state index in [2.05, 4.69) is 37.1 Å². The zero-order chi connectivity index (χ0) is 14.5. The van der Waals surface area contributed by atoms with Crippen LogP contribution in [0.25, 0.3) is 0 Å². The first-order valence-corrected chi connectivity index (χ1v) is 6.80. The summed E-state index contributed by atoms with van der Waals surface area (Å²) in [4.78, 5) is 2.22. The molecule has 0 saturated heterocycles. The van der Waals surface area contributed by atoms with Crippen LogP contribution < -0.4 is 5.73 Å². The van der Waals surface area contributed by atoms with Crippen LogP contribution >= 0.6 is 0 Å². The fraction of sp³-hybridized carbons (Fsp3) is 0.294. The number of nitrogens with two attached hydrogens (primary N) is 1. The third-order valence-electron chi connectivity index (χ3n) is 3.53. The predicted molar refractivity (Wildman–Crippen MR) is 80.6 cm³/mol. The Morgan fingerprint density at radius 3 is 2.40 bits per heavy atom.